The molecule has 0 spiro atoms. The van der Waals surface area contributed by atoms with Crippen LogP contribution < -0.4 is 0 Å². The van der Waals surface area contributed by atoms with Crippen LogP contribution in [0.15, 0.2) is 24.3 Å². The van der Waals surface area contributed by atoms with Gasteiger partial charge in [-0.15, -0.1) is 0 Å². The number of ether oxygens (including phenoxy) is 1. The van der Waals surface area contributed by atoms with Crippen LogP contribution in [0, 0.1) is 23.6 Å². The molecule has 2 aliphatic carbocycles. The van der Waals surface area contributed by atoms with Crippen molar-refractivity contribution in [3.8, 4) is 0 Å². The lowest BCUT2D eigenvalue weighted by atomic mass is 9.69. The van der Waals surface area contributed by atoms with Crippen molar-refractivity contribution >= 4 is 5.97 Å². The lowest BCUT2D eigenvalue weighted by molar-refractivity contribution is -0.149. The molecule has 0 heterocycles. The molecule has 19 heavy (non-hydrogen) atoms. The van der Waals surface area contributed by atoms with E-state index in [1.54, 1.807) is 0 Å². The Labute approximate surface area is 113 Å². The number of hydrogen-bond acceptors (Lipinski definition) is 2. The Morgan fingerprint density at radius 1 is 1.21 bits per heavy atom. The van der Waals surface area contributed by atoms with Crippen molar-refractivity contribution in [1.29, 1.82) is 0 Å². The largest absolute Gasteiger partial charge is 0.469 e. The van der Waals surface area contributed by atoms with Crippen LogP contribution in [0.4, 0.5) is 4.39 Å². The van der Waals surface area contributed by atoms with Gasteiger partial charge in [0.25, 0.3) is 0 Å². The average molecular weight is 262 g/mol. The molecule has 3 rings (SSSR count). The van der Waals surface area contributed by atoms with Crippen LogP contribution >= 0.6 is 0 Å². The molecule has 2 fully saturated rings. The maximum atomic E-state index is 13.0. The third kappa shape index (κ3) is 2.26. The Hall–Kier alpha value is -1.38. The topological polar surface area (TPSA) is 26.3 Å². The second-order valence-corrected chi connectivity index (χ2v) is 5.88. The predicted molar refractivity (Wildman–Crippen MR) is 70.1 cm³/mol. The molecule has 0 radical (unpaired) electrons. The number of halogens is 1. The second-order valence-electron chi connectivity index (χ2n) is 5.88. The molecule has 0 aliphatic heterocycles. The zero-order chi connectivity index (χ0) is 13.4. The predicted octanol–water partition coefficient (Wildman–Crippen LogP) is 3.52. The first-order valence-corrected chi connectivity index (χ1v) is 7.02. The van der Waals surface area contributed by atoms with E-state index >= 15 is 0 Å². The molecule has 0 unspecified atom stereocenters. The number of esters is 1. The van der Waals surface area contributed by atoms with Gasteiger partial charge >= 0.3 is 5.97 Å². The van der Waals surface area contributed by atoms with Crippen LogP contribution in [0.3, 0.4) is 0 Å². The van der Waals surface area contributed by atoms with Crippen molar-refractivity contribution in [2.45, 2.75) is 31.6 Å². The molecule has 1 aromatic rings. The van der Waals surface area contributed by atoms with E-state index in [9.17, 15) is 9.18 Å². The van der Waals surface area contributed by atoms with Crippen LogP contribution in [0.2, 0.25) is 0 Å². The maximum Gasteiger partial charge on any atom is 0.309 e. The summed E-state index contributed by atoms with van der Waals surface area (Å²) in [7, 11) is 1.46. The Balaban J connectivity index is 1.92. The van der Waals surface area contributed by atoms with E-state index in [1.165, 1.54) is 25.7 Å². The summed E-state index contributed by atoms with van der Waals surface area (Å²) in [6, 6.07) is 6.61. The molecule has 1 aromatic carbocycles. The van der Waals surface area contributed by atoms with Gasteiger partial charge in [-0.1, -0.05) is 18.6 Å². The molecule has 0 aromatic heterocycles. The van der Waals surface area contributed by atoms with E-state index < -0.39 is 0 Å². The van der Waals surface area contributed by atoms with Crippen LogP contribution in [-0.4, -0.2) is 13.1 Å². The summed E-state index contributed by atoms with van der Waals surface area (Å²) >= 11 is 0. The molecule has 102 valence electrons. The maximum absolute atomic E-state index is 13.0. The van der Waals surface area contributed by atoms with Gasteiger partial charge in [0.05, 0.1) is 13.0 Å². The van der Waals surface area contributed by atoms with Gasteiger partial charge < -0.3 is 4.74 Å². The standard InChI is InChI=1S/C16H19FO2/c1-19-16(18)15-12-3-2-10(8-12)9-14(15)11-4-6-13(17)7-5-11/h4-7,10,12,14-15H,2-3,8-9H2,1H3/t10-,12-,14+,15-/m0/s1. The first kappa shape index (κ1) is 12.6. The molecule has 0 N–H and O–H groups in total. The highest BCUT2D eigenvalue weighted by Gasteiger charge is 2.46. The Kier molecular flexibility index (Phi) is 3.29. The smallest absolute Gasteiger partial charge is 0.309 e. The molecule has 2 saturated carbocycles. The van der Waals surface area contributed by atoms with E-state index in [0.717, 1.165) is 30.7 Å². The first-order chi connectivity index (χ1) is 9.19. The van der Waals surface area contributed by atoms with Crippen LogP contribution in [0.5, 0.6) is 0 Å². The average Bonchev–Trinajstić information content (AvgIpc) is 2.80. The van der Waals surface area contributed by atoms with Crippen molar-refractivity contribution < 1.29 is 13.9 Å². The summed E-state index contributed by atoms with van der Waals surface area (Å²) in [4.78, 5) is 12.1. The highest BCUT2D eigenvalue weighted by molar-refractivity contribution is 5.74. The van der Waals surface area contributed by atoms with Gasteiger partial charge in [-0.05, 0) is 54.7 Å². The van der Waals surface area contributed by atoms with Crippen molar-refractivity contribution in [3.05, 3.63) is 35.6 Å². The first-order valence-electron chi connectivity index (χ1n) is 7.02. The molecule has 4 atom stereocenters. The summed E-state index contributed by atoms with van der Waals surface area (Å²) in [6.07, 6.45) is 4.53. The second kappa shape index (κ2) is 4.95. The number of methoxy groups -OCH3 is 1. The summed E-state index contributed by atoms with van der Waals surface area (Å²) in [5, 5.41) is 0. The van der Waals surface area contributed by atoms with Crippen LogP contribution in [0.25, 0.3) is 0 Å². The lowest BCUT2D eigenvalue weighted by Crippen LogP contribution is -2.33. The van der Waals surface area contributed by atoms with Gasteiger partial charge in [0.1, 0.15) is 5.82 Å². The van der Waals surface area contributed by atoms with Gasteiger partial charge in [-0.3, -0.25) is 4.79 Å². The minimum Gasteiger partial charge on any atom is -0.469 e. The SMILES string of the molecule is COC(=O)[C@H]1[C@H]2CC[C@@H](C2)C[C@@H]1c1ccc(F)cc1. The van der Waals surface area contributed by atoms with Crippen LogP contribution in [-0.2, 0) is 9.53 Å². The molecule has 3 heteroatoms. The van der Waals surface area contributed by atoms with Gasteiger partial charge in [0.2, 0.25) is 0 Å². The molecular formula is C16H19FO2. The van der Waals surface area contributed by atoms with E-state index in [-0.39, 0.29) is 23.6 Å². The van der Waals surface area contributed by atoms with E-state index in [2.05, 4.69) is 0 Å². The summed E-state index contributed by atoms with van der Waals surface area (Å²) in [5.74, 6) is 0.993. The number of carbonyl (C=O) groups excluding carboxylic acids is 1. The fourth-order valence-corrected chi connectivity index (χ4v) is 4.03. The number of benzene rings is 1. The van der Waals surface area contributed by atoms with Crippen molar-refractivity contribution in [3.63, 3.8) is 0 Å². The summed E-state index contributed by atoms with van der Waals surface area (Å²) in [6.45, 7) is 0. The number of carbonyl (C=O) groups is 1. The van der Waals surface area contributed by atoms with Crippen molar-refractivity contribution in [1.82, 2.24) is 0 Å². The fourth-order valence-electron chi connectivity index (χ4n) is 4.03. The van der Waals surface area contributed by atoms with Crippen molar-refractivity contribution in [2.75, 3.05) is 7.11 Å². The zero-order valence-corrected chi connectivity index (χ0v) is 11.1. The minimum atomic E-state index is -0.225. The molecule has 2 aliphatic rings. The van der Waals surface area contributed by atoms with Gasteiger partial charge in [-0.25, -0.2) is 4.39 Å². The molecule has 2 nitrogen and oxygen atoms in total. The van der Waals surface area contributed by atoms with Gasteiger partial charge in [-0.2, -0.15) is 0 Å². The quantitative estimate of drug-likeness (QED) is 0.762. The fraction of sp³-hybridized carbons (Fsp3) is 0.562. The molecular weight excluding hydrogens is 243 g/mol. The molecule has 0 amide bonds. The zero-order valence-electron chi connectivity index (χ0n) is 11.1. The molecule has 0 saturated heterocycles. The van der Waals surface area contributed by atoms with E-state index in [1.807, 2.05) is 12.1 Å². The minimum absolute atomic E-state index is 0.0470. The van der Waals surface area contributed by atoms with E-state index in [4.69, 9.17) is 4.74 Å². The molecule has 2 bridgehead atoms. The Morgan fingerprint density at radius 2 is 1.95 bits per heavy atom. The highest BCUT2D eigenvalue weighted by Crippen LogP contribution is 2.52. The Morgan fingerprint density at radius 3 is 2.63 bits per heavy atom. The normalized spacial score (nSPS) is 33.2. The summed E-state index contributed by atoms with van der Waals surface area (Å²) in [5.41, 5.74) is 1.08. The monoisotopic (exact) mass is 262 g/mol. The summed E-state index contributed by atoms with van der Waals surface area (Å²) < 4.78 is 18.1. The van der Waals surface area contributed by atoms with E-state index in [0.29, 0.717) is 5.92 Å². The van der Waals surface area contributed by atoms with Crippen molar-refractivity contribution in [2.24, 2.45) is 17.8 Å². The third-order valence-electron chi connectivity index (χ3n) is 4.88. The van der Waals surface area contributed by atoms with Gasteiger partial charge in [0.15, 0.2) is 0 Å². The number of hydrogen-bond donors (Lipinski definition) is 0. The van der Waals surface area contributed by atoms with Gasteiger partial charge in [0, 0.05) is 0 Å². The number of rotatable bonds is 2. The Bertz CT molecular complexity index is 468. The number of fused-ring (bicyclic) bond motifs is 2. The third-order valence-corrected chi connectivity index (χ3v) is 4.88. The van der Waals surface area contributed by atoms with Crippen LogP contribution in [0.1, 0.15) is 37.2 Å². The highest BCUT2D eigenvalue weighted by atomic mass is 19.1. The lowest BCUT2D eigenvalue weighted by Gasteiger charge is -2.35.